The molecule has 0 bridgehead atoms. The van der Waals surface area contributed by atoms with Crippen LogP contribution in [0.2, 0.25) is 0 Å². The summed E-state index contributed by atoms with van der Waals surface area (Å²) in [6.45, 7) is 3.45. The molecule has 3 aromatic carbocycles. The molecule has 1 aliphatic heterocycles. The van der Waals surface area contributed by atoms with Crippen LogP contribution in [-0.2, 0) is 4.79 Å². The Morgan fingerprint density at radius 3 is 2.57 bits per heavy atom. The number of halogens is 1. The van der Waals surface area contributed by atoms with Crippen LogP contribution in [0, 0.1) is 12.7 Å². The lowest BCUT2D eigenvalue weighted by Gasteiger charge is -2.12. The standard InChI is InChI=1S/C26H21FN4O4/c1-15-9-12-20(27)13-18(15)11-10-17-5-4-8-22(24(17)32)28-29-23-16(2)30-31(25(23)33)21-7-3-6-19(14-21)26(34)35/h3-14,28,32H,1-2H3,(H,34,35)/b11-10+,29-23-. The van der Waals surface area contributed by atoms with Crippen molar-refractivity contribution in [2.24, 2.45) is 10.2 Å². The van der Waals surface area contributed by atoms with Gasteiger partial charge in [0.1, 0.15) is 11.6 Å². The van der Waals surface area contributed by atoms with E-state index in [1.54, 1.807) is 49.4 Å². The van der Waals surface area contributed by atoms with E-state index >= 15 is 0 Å². The topological polar surface area (TPSA) is 115 Å². The molecule has 4 rings (SSSR count). The number of phenols is 1. The molecule has 35 heavy (non-hydrogen) atoms. The molecule has 1 aliphatic rings. The van der Waals surface area contributed by atoms with Gasteiger partial charge in [0.05, 0.1) is 22.6 Å². The molecule has 0 aromatic heterocycles. The number of nitrogens with one attached hydrogen (secondary N) is 1. The Balaban J connectivity index is 1.55. The van der Waals surface area contributed by atoms with Crippen molar-refractivity contribution in [1.82, 2.24) is 0 Å². The number of carboxylic acid groups (broad SMARTS) is 1. The number of hydrazone groups is 2. The molecule has 8 nitrogen and oxygen atoms in total. The van der Waals surface area contributed by atoms with Gasteiger partial charge in [-0.15, -0.1) is 0 Å². The van der Waals surface area contributed by atoms with Crippen LogP contribution in [0.3, 0.4) is 0 Å². The molecule has 0 unspecified atom stereocenters. The smallest absolute Gasteiger partial charge is 0.335 e. The predicted molar refractivity (Wildman–Crippen MR) is 133 cm³/mol. The van der Waals surface area contributed by atoms with Crippen molar-refractivity contribution < 1.29 is 24.2 Å². The van der Waals surface area contributed by atoms with Crippen molar-refractivity contribution in [3.63, 3.8) is 0 Å². The molecule has 0 aliphatic carbocycles. The van der Waals surface area contributed by atoms with Crippen LogP contribution >= 0.6 is 0 Å². The summed E-state index contributed by atoms with van der Waals surface area (Å²) in [4.78, 5) is 24.1. The Kier molecular flexibility index (Phi) is 6.41. The van der Waals surface area contributed by atoms with Crippen molar-refractivity contribution in [3.8, 4) is 5.75 Å². The van der Waals surface area contributed by atoms with Crippen molar-refractivity contribution >= 4 is 46.8 Å². The number of carboxylic acids is 1. The molecule has 176 valence electrons. The molecular formula is C26H21FN4O4. The van der Waals surface area contributed by atoms with E-state index in [1.807, 2.05) is 6.92 Å². The van der Waals surface area contributed by atoms with E-state index in [4.69, 9.17) is 0 Å². The number of hydrogen-bond donors (Lipinski definition) is 3. The summed E-state index contributed by atoms with van der Waals surface area (Å²) in [5.41, 5.74) is 5.63. The summed E-state index contributed by atoms with van der Waals surface area (Å²) in [6, 6.07) is 15.3. The number of aromatic hydroxyl groups is 1. The van der Waals surface area contributed by atoms with Crippen LogP contribution in [0.4, 0.5) is 15.8 Å². The highest BCUT2D eigenvalue weighted by atomic mass is 19.1. The number of rotatable bonds is 6. The third kappa shape index (κ3) is 4.93. The molecule has 9 heteroatoms. The quantitative estimate of drug-likeness (QED) is 0.268. The van der Waals surface area contributed by atoms with Gasteiger partial charge in [-0.05, 0) is 61.4 Å². The summed E-state index contributed by atoms with van der Waals surface area (Å²) in [7, 11) is 0. The number of nitrogens with zero attached hydrogens (tertiary/aromatic N) is 3. The van der Waals surface area contributed by atoms with Crippen LogP contribution < -0.4 is 10.4 Å². The zero-order chi connectivity index (χ0) is 25.1. The van der Waals surface area contributed by atoms with Crippen LogP contribution in [0.15, 0.2) is 70.9 Å². The highest BCUT2D eigenvalue weighted by molar-refractivity contribution is 6.71. The summed E-state index contributed by atoms with van der Waals surface area (Å²) >= 11 is 0. The molecule has 0 saturated heterocycles. The SMILES string of the molecule is CC1=NN(c2cccc(C(=O)O)c2)C(=O)/C1=N\Nc1cccc(/C=C/c2cc(F)ccc2C)c1O. The molecule has 1 heterocycles. The average Bonchev–Trinajstić information content (AvgIpc) is 3.12. The minimum atomic E-state index is -1.12. The second kappa shape index (κ2) is 9.60. The number of amides is 1. The Labute approximate surface area is 200 Å². The summed E-state index contributed by atoms with van der Waals surface area (Å²) in [5.74, 6) is -2.12. The number of benzene rings is 3. The second-order valence-corrected chi connectivity index (χ2v) is 7.81. The highest BCUT2D eigenvalue weighted by Crippen LogP contribution is 2.30. The Bertz CT molecular complexity index is 1430. The van der Waals surface area contributed by atoms with Gasteiger partial charge in [-0.3, -0.25) is 10.2 Å². The number of hydrogen-bond acceptors (Lipinski definition) is 6. The van der Waals surface area contributed by atoms with E-state index in [0.717, 1.165) is 10.6 Å². The van der Waals surface area contributed by atoms with Gasteiger partial charge in [0.25, 0.3) is 0 Å². The van der Waals surface area contributed by atoms with Crippen molar-refractivity contribution in [3.05, 3.63) is 88.7 Å². The first-order valence-corrected chi connectivity index (χ1v) is 10.6. The maximum absolute atomic E-state index is 13.5. The Morgan fingerprint density at radius 2 is 1.80 bits per heavy atom. The minimum absolute atomic E-state index is 0.0152. The van der Waals surface area contributed by atoms with Crippen LogP contribution in [-0.4, -0.2) is 33.5 Å². The number of aryl methyl sites for hydroxylation is 1. The molecule has 1 amide bonds. The molecule has 3 N–H and O–H groups in total. The van der Waals surface area contributed by atoms with Gasteiger partial charge >= 0.3 is 11.9 Å². The Morgan fingerprint density at radius 1 is 1.06 bits per heavy atom. The summed E-state index contributed by atoms with van der Waals surface area (Å²) in [6.07, 6.45) is 3.35. The van der Waals surface area contributed by atoms with Gasteiger partial charge in [-0.1, -0.05) is 36.4 Å². The van der Waals surface area contributed by atoms with Gasteiger partial charge in [0, 0.05) is 5.56 Å². The van der Waals surface area contributed by atoms with E-state index in [-0.39, 0.29) is 28.5 Å². The van der Waals surface area contributed by atoms with E-state index in [9.17, 15) is 24.2 Å². The van der Waals surface area contributed by atoms with Gasteiger partial charge < -0.3 is 10.2 Å². The van der Waals surface area contributed by atoms with E-state index < -0.39 is 11.9 Å². The zero-order valence-corrected chi connectivity index (χ0v) is 18.9. The van der Waals surface area contributed by atoms with Gasteiger partial charge in [-0.2, -0.15) is 15.2 Å². The molecule has 0 fully saturated rings. The highest BCUT2D eigenvalue weighted by Gasteiger charge is 2.31. The number of para-hydroxylation sites is 1. The maximum atomic E-state index is 13.5. The third-order valence-corrected chi connectivity index (χ3v) is 5.36. The third-order valence-electron chi connectivity index (χ3n) is 5.36. The molecule has 0 atom stereocenters. The lowest BCUT2D eigenvalue weighted by atomic mass is 10.1. The molecular weight excluding hydrogens is 451 g/mol. The average molecular weight is 472 g/mol. The molecule has 0 saturated carbocycles. The molecule has 3 aromatic rings. The van der Waals surface area contributed by atoms with E-state index in [1.165, 1.54) is 30.3 Å². The Hall–Kier alpha value is -4.79. The maximum Gasteiger partial charge on any atom is 0.335 e. The van der Waals surface area contributed by atoms with Gasteiger partial charge in [-0.25, -0.2) is 9.18 Å². The normalized spacial score (nSPS) is 14.6. The number of carbonyl (C=O) groups excluding carboxylic acids is 1. The predicted octanol–water partition coefficient (Wildman–Crippen LogP) is 4.90. The molecule has 0 radical (unpaired) electrons. The summed E-state index contributed by atoms with van der Waals surface area (Å²) in [5, 5.41) is 29.2. The summed E-state index contributed by atoms with van der Waals surface area (Å²) < 4.78 is 13.5. The van der Waals surface area contributed by atoms with Crippen molar-refractivity contribution in [2.45, 2.75) is 13.8 Å². The van der Waals surface area contributed by atoms with Crippen molar-refractivity contribution in [1.29, 1.82) is 0 Å². The fraction of sp³-hybridized carbons (Fsp3) is 0.0769. The van der Waals surface area contributed by atoms with Crippen LogP contribution in [0.25, 0.3) is 12.2 Å². The first-order chi connectivity index (χ1) is 16.7. The van der Waals surface area contributed by atoms with Crippen molar-refractivity contribution in [2.75, 3.05) is 10.4 Å². The lowest BCUT2D eigenvalue weighted by molar-refractivity contribution is -0.112. The van der Waals surface area contributed by atoms with Gasteiger partial charge in [0.2, 0.25) is 0 Å². The number of aromatic carboxylic acids is 1. The van der Waals surface area contributed by atoms with Crippen LogP contribution in [0.5, 0.6) is 5.75 Å². The fourth-order valence-corrected chi connectivity index (χ4v) is 3.44. The van der Waals surface area contributed by atoms with Gasteiger partial charge in [0.15, 0.2) is 5.71 Å². The fourth-order valence-electron chi connectivity index (χ4n) is 3.44. The number of carbonyl (C=O) groups is 2. The van der Waals surface area contributed by atoms with Crippen LogP contribution in [0.1, 0.15) is 34.0 Å². The van der Waals surface area contributed by atoms with E-state index in [2.05, 4.69) is 15.6 Å². The minimum Gasteiger partial charge on any atom is -0.505 e. The first kappa shape index (κ1) is 23.4. The monoisotopic (exact) mass is 472 g/mol. The largest absolute Gasteiger partial charge is 0.505 e. The molecule has 0 spiro atoms. The number of anilines is 2. The first-order valence-electron chi connectivity index (χ1n) is 10.6. The zero-order valence-electron chi connectivity index (χ0n) is 18.9. The lowest BCUT2D eigenvalue weighted by Crippen LogP contribution is -2.28. The second-order valence-electron chi connectivity index (χ2n) is 7.81. The number of phenolic OH excluding ortho intramolecular Hbond substituents is 1. The van der Waals surface area contributed by atoms with E-state index in [0.29, 0.717) is 22.5 Å².